The first-order valence-electron chi connectivity index (χ1n) is 9.13. The third-order valence-electron chi connectivity index (χ3n) is 4.32. The summed E-state index contributed by atoms with van der Waals surface area (Å²) in [6.07, 6.45) is 2.89. The number of benzene rings is 2. The molecule has 30 heavy (non-hydrogen) atoms. The van der Waals surface area contributed by atoms with Crippen LogP contribution in [0.1, 0.15) is 12.5 Å². The van der Waals surface area contributed by atoms with Crippen LogP contribution in [0, 0.1) is 11.2 Å². The maximum absolute atomic E-state index is 13.4. The second-order valence-corrected chi connectivity index (χ2v) is 6.86. The molecule has 0 bridgehead atoms. The number of anilines is 3. The summed E-state index contributed by atoms with van der Waals surface area (Å²) in [4.78, 5) is 9.12. The molecule has 1 atom stereocenters. The molecule has 3 aromatic rings. The molecule has 0 fully saturated rings. The normalized spacial score (nSPS) is 11.5. The summed E-state index contributed by atoms with van der Waals surface area (Å²) in [5.41, 5.74) is 1.76. The largest absolute Gasteiger partial charge is 0.495 e. The van der Waals surface area contributed by atoms with Crippen molar-refractivity contribution in [1.82, 2.24) is 9.97 Å². The second-order valence-electron chi connectivity index (χ2n) is 6.45. The molecule has 1 aromatic heterocycles. The van der Waals surface area contributed by atoms with Crippen LogP contribution >= 0.6 is 11.6 Å². The fourth-order valence-electron chi connectivity index (χ4n) is 2.69. The molecule has 0 aliphatic heterocycles. The van der Waals surface area contributed by atoms with Gasteiger partial charge in [0, 0.05) is 23.5 Å². The Bertz CT molecular complexity index is 1070. The van der Waals surface area contributed by atoms with E-state index in [1.807, 2.05) is 6.92 Å². The molecule has 8 heteroatoms. The summed E-state index contributed by atoms with van der Waals surface area (Å²) < 4.78 is 18.5. The standard InChI is InChI=1S/C22H21ClFN5O/c1-4-13(2)26-21-17(12-25)22(27-16-9-10-19(30-3)18(23)11-16)29-20(28-21)14-5-7-15(24)8-6-14/h4-13,25H,1H2,2-3H3,(H2,26,27,28,29). The maximum Gasteiger partial charge on any atom is 0.163 e. The summed E-state index contributed by atoms with van der Waals surface area (Å²) in [6.45, 7) is 5.69. The van der Waals surface area contributed by atoms with E-state index in [4.69, 9.17) is 21.7 Å². The van der Waals surface area contributed by atoms with Gasteiger partial charge in [0.25, 0.3) is 0 Å². The number of halogens is 2. The third-order valence-corrected chi connectivity index (χ3v) is 4.62. The van der Waals surface area contributed by atoms with Crippen molar-refractivity contribution in [2.45, 2.75) is 13.0 Å². The first kappa shape index (κ1) is 21.3. The molecule has 0 aliphatic rings. The van der Waals surface area contributed by atoms with Crippen molar-refractivity contribution in [3.8, 4) is 17.1 Å². The van der Waals surface area contributed by atoms with E-state index in [2.05, 4.69) is 27.2 Å². The van der Waals surface area contributed by atoms with E-state index in [1.54, 1.807) is 43.5 Å². The molecule has 0 amide bonds. The monoisotopic (exact) mass is 425 g/mol. The lowest BCUT2D eigenvalue weighted by Gasteiger charge is -2.17. The predicted octanol–water partition coefficient (Wildman–Crippen LogP) is 5.67. The van der Waals surface area contributed by atoms with Crippen molar-refractivity contribution in [3.63, 3.8) is 0 Å². The Hall–Kier alpha value is -3.45. The molecule has 6 nitrogen and oxygen atoms in total. The molecule has 2 aromatic carbocycles. The topological polar surface area (TPSA) is 82.9 Å². The van der Waals surface area contributed by atoms with Gasteiger partial charge in [-0.1, -0.05) is 17.7 Å². The zero-order valence-electron chi connectivity index (χ0n) is 16.5. The second kappa shape index (κ2) is 9.37. The van der Waals surface area contributed by atoms with Crippen molar-refractivity contribution in [3.05, 3.63) is 71.5 Å². The SMILES string of the molecule is C=CC(C)Nc1nc(-c2ccc(F)cc2)nc(Nc2ccc(OC)c(Cl)c2)c1C=N. The summed E-state index contributed by atoms with van der Waals surface area (Å²) >= 11 is 6.23. The fraction of sp³-hybridized carbons (Fsp3) is 0.136. The Kier molecular flexibility index (Phi) is 6.64. The van der Waals surface area contributed by atoms with Gasteiger partial charge in [-0.2, -0.15) is 0 Å². The van der Waals surface area contributed by atoms with E-state index in [1.165, 1.54) is 18.3 Å². The van der Waals surface area contributed by atoms with Gasteiger partial charge in [-0.05, 0) is 49.4 Å². The van der Waals surface area contributed by atoms with Gasteiger partial charge < -0.3 is 20.8 Å². The van der Waals surface area contributed by atoms with Gasteiger partial charge >= 0.3 is 0 Å². The van der Waals surface area contributed by atoms with Crippen molar-refractivity contribution in [2.75, 3.05) is 17.7 Å². The summed E-state index contributed by atoms with van der Waals surface area (Å²) in [7, 11) is 1.54. The van der Waals surface area contributed by atoms with Crippen LogP contribution in [-0.4, -0.2) is 29.3 Å². The molecule has 0 saturated heterocycles. The average molecular weight is 426 g/mol. The van der Waals surface area contributed by atoms with E-state index < -0.39 is 0 Å². The van der Waals surface area contributed by atoms with E-state index in [-0.39, 0.29) is 11.9 Å². The molecule has 154 valence electrons. The Labute approximate surface area is 179 Å². The number of nitrogens with zero attached hydrogens (tertiary/aromatic N) is 2. The number of rotatable bonds is 8. The highest BCUT2D eigenvalue weighted by Gasteiger charge is 2.16. The zero-order chi connectivity index (χ0) is 21.7. The van der Waals surface area contributed by atoms with Gasteiger partial charge in [-0.25, -0.2) is 14.4 Å². The van der Waals surface area contributed by atoms with E-state index in [0.29, 0.717) is 45.0 Å². The number of methoxy groups -OCH3 is 1. The Balaban J connectivity index is 2.11. The van der Waals surface area contributed by atoms with Crippen molar-refractivity contribution < 1.29 is 9.13 Å². The lowest BCUT2D eigenvalue weighted by atomic mass is 10.2. The average Bonchev–Trinajstić information content (AvgIpc) is 2.74. The van der Waals surface area contributed by atoms with Gasteiger partial charge in [0.1, 0.15) is 23.2 Å². The smallest absolute Gasteiger partial charge is 0.163 e. The number of aromatic nitrogens is 2. The van der Waals surface area contributed by atoms with Crippen LogP contribution < -0.4 is 15.4 Å². The minimum atomic E-state index is -0.347. The number of hydrogen-bond acceptors (Lipinski definition) is 6. The fourth-order valence-corrected chi connectivity index (χ4v) is 2.95. The highest BCUT2D eigenvalue weighted by Crippen LogP contribution is 2.31. The molecule has 1 unspecified atom stereocenters. The summed E-state index contributed by atoms with van der Waals surface area (Å²) in [5.74, 6) is 1.43. The quantitative estimate of drug-likeness (QED) is 0.320. The molecular formula is C22H21ClFN5O. The van der Waals surface area contributed by atoms with Crippen LogP contribution in [0.25, 0.3) is 11.4 Å². The Morgan fingerprint density at radius 3 is 2.47 bits per heavy atom. The summed E-state index contributed by atoms with van der Waals surface area (Å²) in [5, 5.41) is 14.7. The number of nitrogens with one attached hydrogen (secondary N) is 3. The highest BCUT2D eigenvalue weighted by molar-refractivity contribution is 6.32. The maximum atomic E-state index is 13.4. The van der Waals surface area contributed by atoms with Crippen LogP contribution in [0.2, 0.25) is 5.02 Å². The van der Waals surface area contributed by atoms with Gasteiger partial charge in [-0.15, -0.1) is 6.58 Å². The number of ether oxygens (including phenoxy) is 1. The highest BCUT2D eigenvalue weighted by atomic mass is 35.5. The Morgan fingerprint density at radius 2 is 1.87 bits per heavy atom. The lowest BCUT2D eigenvalue weighted by Crippen LogP contribution is -2.16. The van der Waals surface area contributed by atoms with Crippen LogP contribution in [0.3, 0.4) is 0 Å². The van der Waals surface area contributed by atoms with Crippen molar-refractivity contribution in [2.24, 2.45) is 0 Å². The first-order chi connectivity index (χ1) is 14.4. The Morgan fingerprint density at radius 1 is 1.17 bits per heavy atom. The van der Waals surface area contributed by atoms with E-state index in [0.717, 1.165) is 0 Å². The molecule has 0 radical (unpaired) electrons. The molecule has 0 aliphatic carbocycles. The molecule has 0 spiro atoms. The van der Waals surface area contributed by atoms with Crippen LogP contribution in [0.4, 0.5) is 21.7 Å². The number of hydrogen-bond donors (Lipinski definition) is 3. The zero-order valence-corrected chi connectivity index (χ0v) is 17.3. The minimum absolute atomic E-state index is 0.0945. The molecule has 0 saturated carbocycles. The van der Waals surface area contributed by atoms with Crippen LogP contribution in [0.15, 0.2) is 55.1 Å². The first-order valence-corrected chi connectivity index (χ1v) is 9.51. The van der Waals surface area contributed by atoms with Gasteiger partial charge in [-0.3, -0.25) is 0 Å². The van der Waals surface area contributed by atoms with E-state index in [9.17, 15) is 4.39 Å². The molecule has 3 rings (SSSR count). The van der Waals surface area contributed by atoms with Crippen molar-refractivity contribution in [1.29, 1.82) is 5.41 Å². The lowest BCUT2D eigenvalue weighted by molar-refractivity contribution is 0.415. The van der Waals surface area contributed by atoms with Gasteiger partial charge in [0.15, 0.2) is 5.82 Å². The van der Waals surface area contributed by atoms with Crippen molar-refractivity contribution >= 4 is 35.1 Å². The summed E-state index contributed by atoms with van der Waals surface area (Å²) in [6, 6.07) is 11.0. The predicted molar refractivity (Wildman–Crippen MR) is 120 cm³/mol. The minimum Gasteiger partial charge on any atom is -0.495 e. The third kappa shape index (κ3) is 4.75. The van der Waals surface area contributed by atoms with Crippen LogP contribution in [-0.2, 0) is 0 Å². The van der Waals surface area contributed by atoms with E-state index >= 15 is 0 Å². The molecule has 3 N–H and O–H groups in total. The van der Waals surface area contributed by atoms with Crippen LogP contribution in [0.5, 0.6) is 5.75 Å². The molecular weight excluding hydrogens is 405 g/mol. The van der Waals surface area contributed by atoms with Gasteiger partial charge in [0.2, 0.25) is 0 Å². The van der Waals surface area contributed by atoms with Gasteiger partial charge in [0.05, 0.1) is 17.7 Å². The molecule has 1 heterocycles.